The highest BCUT2D eigenvalue weighted by molar-refractivity contribution is 9.10. The van der Waals surface area contributed by atoms with Crippen molar-refractivity contribution in [3.05, 3.63) is 64.1 Å². The van der Waals surface area contributed by atoms with E-state index < -0.39 is 28.5 Å². The lowest BCUT2D eigenvalue weighted by molar-refractivity contribution is -0.139. The Morgan fingerprint density at radius 1 is 1.09 bits per heavy atom. The molecule has 7 nitrogen and oxygen atoms in total. The molecule has 1 saturated carbocycles. The summed E-state index contributed by atoms with van der Waals surface area (Å²) in [7, 11) is -3.76. The molecule has 190 valence electrons. The van der Waals surface area contributed by atoms with Gasteiger partial charge in [0.2, 0.25) is 21.8 Å². The maximum atomic E-state index is 13.6. The smallest absolute Gasteiger partial charge is 0.244 e. The van der Waals surface area contributed by atoms with Crippen molar-refractivity contribution in [2.45, 2.75) is 64.6 Å². The van der Waals surface area contributed by atoms with Crippen molar-refractivity contribution in [2.75, 3.05) is 17.1 Å². The Morgan fingerprint density at radius 3 is 2.40 bits per heavy atom. The van der Waals surface area contributed by atoms with E-state index in [1.807, 2.05) is 31.2 Å². The number of anilines is 1. The zero-order valence-corrected chi connectivity index (χ0v) is 22.9. The van der Waals surface area contributed by atoms with Crippen LogP contribution in [0.1, 0.15) is 50.2 Å². The maximum Gasteiger partial charge on any atom is 0.244 e. The lowest BCUT2D eigenvalue weighted by Crippen LogP contribution is -2.53. The first-order valence-electron chi connectivity index (χ1n) is 11.9. The molecule has 0 radical (unpaired) electrons. The number of rotatable bonds is 9. The van der Waals surface area contributed by atoms with E-state index in [9.17, 15) is 18.0 Å². The second-order valence-electron chi connectivity index (χ2n) is 9.25. The van der Waals surface area contributed by atoms with E-state index in [4.69, 9.17) is 0 Å². The quantitative estimate of drug-likeness (QED) is 0.490. The van der Waals surface area contributed by atoms with Gasteiger partial charge in [0.1, 0.15) is 12.6 Å². The number of hydrogen-bond acceptors (Lipinski definition) is 4. The van der Waals surface area contributed by atoms with Gasteiger partial charge < -0.3 is 10.2 Å². The number of para-hydroxylation sites is 1. The molecular weight excluding hydrogens is 530 g/mol. The van der Waals surface area contributed by atoms with Gasteiger partial charge in [-0.25, -0.2) is 8.42 Å². The minimum atomic E-state index is -3.76. The average molecular weight is 565 g/mol. The number of halogens is 1. The summed E-state index contributed by atoms with van der Waals surface area (Å²) in [5, 5.41) is 3.10. The van der Waals surface area contributed by atoms with E-state index >= 15 is 0 Å². The molecule has 0 spiro atoms. The SMILES string of the molecule is Cc1cccc(CN(C(=O)CN(c2ccccc2Br)S(C)(=O)=O)[C@H](C)C(=O)NC2CCCCC2)c1. The molecule has 1 aliphatic rings. The lowest BCUT2D eigenvalue weighted by Gasteiger charge is -2.33. The summed E-state index contributed by atoms with van der Waals surface area (Å²) < 4.78 is 27.0. The van der Waals surface area contributed by atoms with E-state index in [-0.39, 0.29) is 18.5 Å². The summed E-state index contributed by atoms with van der Waals surface area (Å²) in [5.41, 5.74) is 2.29. The first-order chi connectivity index (χ1) is 16.6. The fourth-order valence-electron chi connectivity index (χ4n) is 4.41. The van der Waals surface area contributed by atoms with Gasteiger partial charge in [-0.1, -0.05) is 61.2 Å². The molecule has 0 unspecified atom stereocenters. The second kappa shape index (κ2) is 12.0. The molecule has 0 heterocycles. The van der Waals surface area contributed by atoms with Crippen molar-refractivity contribution in [2.24, 2.45) is 0 Å². The van der Waals surface area contributed by atoms with Crippen LogP contribution < -0.4 is 9.62 Å². The number of benzene rings is 2. The van der Waals surface area contributed by atoms with Crippen molar-refractivity contribution in [3.8, 4) is 0 Å². The summed E-state index contributed by atoms with van der Waals surface area (Å²) in [6, 6.07) is 14.0. The predicted molar refractivity (Wildman–Crippen MR) is 143 cm³/mol. The van der Waals surface area contributed by atoms with Crippen LogP contribution in [0.25, 0.3) is 0 Å². The van der Waals surface area contributed by atoms with Crippen molar-refractivity contribution in [1.29, 1.82) is 0 Å². The van der Waals surface area contributed by atoms with Crippen LogP contribution in [-0.4, -0.2) is 50.0 Å². The molecule has 2 aromatic carbocycles. The highest BCUT2D eigenvalue weighted by atomic mass is 79.9. The molecule has 0 aromatic heterocycles. The minimum absolute atomic E-state index is 0.113. The van der Waals surface area contributed by atoms with Crippen LogP contribution in [0, 0.1) is 6.92 Å². The van der Waals surface area contributed by atoms with E-state index in [0.29, 0.717) is 10.2 Å². The summed E-state index contributed by atoms with van der Waals surface area (Å²) in [6.07, 6.45) is 6.30. The van der Waals surface area contributed by atoms with Gasteiger partial charge >= 0.3 is 0 Å². The van der Waals surface area contributed by atoms with Crippen molar-refractivity contribution in [3.63, 3.8) is 0 Å². The highest BCUT2D eigenvalue weighted by Crippen LogP contribution is 2.28. The molecule has 2 amide bonds. The van der Waals surface area contributed by atoms with Gasteiger partial charge in [-0.05, 0) is 60.3 Å². The second-order valence-corrected chi connectivity index (χ2v) is 12.0. The number of hydrogen-bond donors (Lipinski definition) is 1. The Balaban J connectivity index is 1.88. The number of nitrogens with one attached hydrogen (secondary N) is 1. The number of aryl methyl sites for hydroxylation is 1. The van der Waals surface area contributed by atoms with E-state index in [0.717, 1.165) is 47.4 Å². The molecule has 3 rings (SSSR count). The Kier molecular flexibility index (Phi) is 9.35. The lowest BCUT2D eigenvalue weighted by atomic mass is 9.95. The van der Waals surface area contributed by atoms with E-state index in [1.54, 1.807) is 31.2 Å². The van der Waals surface area contributed by atoms with Gasteiger partial charge in [0.25, 0.3) is 0 Å². The number of sulfonamides is 1. The summed E-state index contributed by atoms with van der Waals surface area (Å²) in [5.74, 6) is -0.663. The Bertz CT molecular complexity index is 1150. The molecular formula is C26H34BrN3O4S. The largest absolute Gasteiger partial charge is 0.352 e. The third kappa shape index (κ3) is 7.54. The first kappa shape index (κ1) is 27.2. The van der Waals surface area contributed by atoms with Crippen LogP contribution in [0.3, 0.4) is 0 Å². The molecule has 1 fully saturated rings. The van der Waals surface area contributed by atoms with Gasteiger partial charge in [-0.15, -0.1) is 0 Å². The molecule has 2 aromatic rings. The molecule has 1 atom stereocenters. The van der Waals surface area contributed by atoms with Gasteiger partial charge in [0.15, 0.2) is 0 Å². The molecule has 1 N–H and O–H groups in total. The van der Waals surface area contributed by atoms with Crippen LogP contribution in [0.4, 0.5) is 5.69 Å². The first-order valence-corrected chi connectivity index (χ1v) is 14.6. The zero-order valence-electron chi connectivity index (χ0n) is 20.5. The van der Waals surface area contributed by atoms with E-state index in [1.165, 1.54) is 11.3 Å². The van der Waals surface area contributed by atoms with Gasteiger partial charge in [0, 0.05) is 17.1 Å². The van der Waals surface area contributed by atoms with Crippen molar-refractivity contribution < 1.29 is 18.0 Å². The summed E-state index contributed by atoms with van der Waals surface area (Å²) in [4.78, 5) is 28.3. The minimum Gasteiger partial charge on any atom is -0.352 e. The third-order valence-electron chi connectivity index (χ3n) is 6.35. The number of nitrogens with zero attached hydrogens (tertiary/aromatic N) is 2. The molecule has 35 heavy (non-hydrogen) atoms. The highest BCUT2D eigenvalue weighted by Gasteiger charge is 2.31. The van der Waals surface area contributed by atoms with Crippen LogP contribution in [0.2, 0.25) is 0 Å². The average Bonchev–Trinajstić information content (AvgIpc) is 2.81. The molecule has 0 aliphatic heterocycles. The van der Waals surface area contributed by atoms with Crippen molar-refractivity contribution >= 4 is 43.5 Å². The number of amides is 2. The number of carbonyl (C=O) groups excluding carboxylic acids is 2. The van der Waals surface area contributed by atoms with Crippen molar-refractivity contribution in [1.82, 2.24) is 10.2 Å². The molecule has 1 aliphatic carbocycles. The van der Waals surface area contributed by atoms with Crippen LogP contribution in [0.5, 0.6) is 0 Å². The Hall–Kier alpha value is -2.39. The van der Waals surface area contributed by atoms with Gasteiger partial charge in [-0.3, -0.25) is 13.9 Å². The third-order valence-corrected chi connectivity index (χ3v) is 8.15. The van der Waals surface area contributed by atoms with Crippen LogP contribution in [-0.2, 0) is 26.2 Å². The topological polar surface area (TPSA) is 86.8 Å². The van der Waals surface area contributed by atoms with E-state index in [2.05, 4.69) is 21.2 Å². The molecule has 0 bridgehead atoms. The summed E-state index contributed by atoms with van der Waals surface area (Å²) >= 11 is 3.39. The maximum absolute atomic E-state index is 13.6. The predicted octanol–water partition coefficient (Wildman–Crippen LogP) is 4.39. The fraction of sp³-hybridized carbons (Fsp3) is 0.462. The van der Waals surface area contributed by atoms with Crippen LogP contribution >= 0.6 is 15.9 Å². The Morgan fingerprint density at radius 2 is 1.77 bits per heavy atom. The number of carbonyl (C=O) groups is 2. The van der Waals surface area contributed by atoms with Gasteiger partial charge in [-0.2, -0.15) is 0 Å². The standard InChI is InChI=1S/C26H34BrN3O4S/c1-19-10-9-11-21(16-19)17-29(20(2)26(32)28-22-12-5-4-6-13-22)25(31)18-30(35(3,33)34)24-15-8-7-14-23(24)27/h7-11,14-16,20,22H,4-6,12-13,17-18H2,1-3H3,(H,28,32)/t20-/m1/s1. The monoisotopic (exact) mass is 563 g/mol. The van der Waals surface area contributed by atoms with Crippen LogP contribution in [0.15, 0.2) is 53.0 Å². The molecule has 0 saturated heterocycles. The Labute approximate surface area is 217 Å². The summed E-state index contributed by atoms with van der Waals surface area (Å²) in [6.45, 7) is 3.46. The van der Waals surface area contributed by atoms with Gasteiger partial charge in [0.05, 0.1) is 11.9 Å². The normalized spacial score (nSPS) is 15.3. The fourth-order valence-corrected chi connectivity index (χ4v) is 5.88. The molecule has 9 heteroatoms. The zero-order chi connectivity index (χ0) is 25.6.